The molecule has 0 aliphatic carbocycles. The first kappa shape index (κ1) is 21.2. The van der Waals surface area contributed by atoms with Gasteiger partial charge in [0.05, 0.1) is 6.20 Å². The molecule has 2 rings (SSSR count). The summed E-state index contributed by atoms with van der Waals surface area (Å²) >= 11 is 0. The van der Waals surface area contributed by atoms with E-state index in [1.54, 1.807) is 0 Å². The fourth-order valence-corrected chi connectivity index (χ4v) is 2.70. The Hall–Kier alpha value is -2.14. The van der Waals surface area contributed by atoms with Crippen LogP contribution in [0.5, 0.6) is 0 Å². The summed E-state index contributed by atoms with van der Waals surface area (Å²) in [5, 5.41) is 4.44. The van der Waals surface area contributed by atoms with Crippen LogP contribution in [0.15, 0.2) is 36.7 Å². The van der Waals surface area contributed by atoms with Gasteiger partial charge < -0.3 is 9.47 Å². The number of hydrogen-bond donors (Lipinski definition) is 0. The van der Waals surface area contributed by atoms with E-state index >= 15 is 0 Å². The van der Waals surface area contributed by atoms with E-state index in [2.05, 4.69) is 49.4 Å². The second kappa shape index (κ2) is 9.70. The average molecular weight is 373 g/mol. The van der Waals surface area contributed by atoms with E-state index in [-0.39, 0.29) is 12.6 Å². The summed E-state index contributed by atoms with van der Waals surface area (Å²) in [5.74, 6) is 0.224. The second-order valence-electron chi connectivity index (χ2n) is 8.11. The molecule has 0 saturated carbocycles. The summed E-state index contributed by atoms with van der Waals surface area (Å²) in [5.41, 5.74) is 3.20. The Kier molecular flexibility index (Phi) is 7.60. The molecule has 0 radical (unpaired) electrons. The third-order valence-electron chi connectivity index (χ3n) is 4.11. The van der Waals surface area contributed by atoms with Crippen molar-refractivity contribution in [2.45, 2.75) is 65.5 Å². The van der Waals surface area contributed by atoms with E-state index in [0.29, 0.717) is 12.5 Å². The second-order valence-corrected chi connectivity index (χ2v) is 8.11. The normalized spacial score (nSPS) is 11.8. The van der Waals surface area contributed by atoms with E-state index in [9.17, 15) is 4.79 Å². The fraction of sp³-hybridized carbons (Fsp3) is 0.545. The SMILES string of the molecule is CC(C)c1ccc(-c2cnn(CCCCOCC(=O)OC(C)(C)C)c2)cc1. The van der Waals surface area contributed by atoms with Crippen molar-refractivity contribution in [1.82, 2.24) is 9.78 Å². The lowest BCUT2D eigenvalue weighted by molar-refractivity contribution is -0.160. The number of nitrogens with zero attached hydrogens (tertiary/aromatic N) is 2. The Bertz CT molecular complexity index is 712. The van der Waals surface area contributed by atoms with Gasteiger partial charge in [0.2, 0.25) is 0 Å². The standard InChI is InChI=1S/C22H32N2O3/c1-17(2)18-8-10-19(11-9-18)20-14-23-24(15-20)12-6-7-13-26-16-21(25)27-22(3,4)5/h8-11,14-15,17H,6-7,12-13,16H2,1-5H3. The monoisotopic (exact) mass is 372 g/mol. The maximum Gasteiger partial charge on any atom is 0.332 e. The van der Waals surface area contributed by atoms with Crippen LogP contribution in [0.2, 0.25) is 0 Å². The summed E-state index contributed by atoms with van der Waals surface area (Å²) in [6.45, 7) is 11.3. The lowest BCUT2D eigenvalue weighted by Crippen LogP contribution is -2.26. The summed E-state index contributed by atoms with van der Waals surface area (Å²) < 4.78 is 12.5. The van der Waals surface area contributed by atoms with Gasteiger partial charge >= 0.3 is 5.97 Å². The first-order chi connectivity index (χ1) is 12.7. The molecule has 0 spiro atoms. The maximum atomic E-state index is 11.5. The molecule has 0 unspecified atom stereocenters. The van der Waals surface area contributed by atoms with Crippen LogP contribution >= 0.6 is 0 Å². The Morgan fingerprint density at radius 1 is 1.11 bits per heavy atom. The minimum Gasteiger partial charge on any atom is -0.458 e. The summed E-state index contributed by atoms with van der Waals surface area (Å²) in [6.07, 6.45) is 5.80. The quantitative estimate of drug-likeness (QED) is 0.468. The summed E-state index contributed by atoms with van der Waals surface area (Å²) in [4.78, 5) is 11.5. The van der Waals surface area contributed by atoms with Gasteiger partial charge in [-0.1, -0.05) is 38.1 Å². The van der Waals surface area contributed by atoms with Gasteiger partial charge in [-0.2, -0.15) is 5.10 Å². The van der Waals surface area contributed by atoms with E-state index in [4.69, 9.17) is 9.47 Å². The molecule has 1 aromatic carbocycles. The third-order valence-corrected chi connectivity index (χ3v) is 4.11. The number of aromatic nitrogens is 2. The number of carbonyl (C=O) groups excluding carboxylic acids is 1. The van der Waals surface area contributed by atoms with Gasteiger partial charge in [0.25, 0.3) is 0 Å². The molecule has 0 atom stereocenters. The molecule has 0 fully saturated rings. The molecular weight excluding hydrogens is 340 g/mol. The van der Waals surface area contributed by atoms with Gasteiger partial charge in [-0.05, 0) is 50.7 Å². The highest BCUT2D eigenvalue weighted by molar-refractivity contribution is 5.71. The summed E-state index contributed by atoms with van der Waals surface area (Å²) in [7, 11) is 0. The molecule has 5 heteroatoms. The van der Waals surface area contributed by atoms with Crippen molar-refractivity contribution in [3.63, 3.8) is 0 Å². The first-order valence-electron chi connectivity index (χ1n) is 9.67. The van der Waals surface area contributed by atoms with Gasteiger partial charge in [0.1, 0.15) is 12.2 Å². The zero-order valence-electron chi connectivity index (χ0n) is 17.2. The van der Waals surface area contributed by atoms with Crippen LogP contribution in [0, 0.1) is 0 Å². The minimum atomic E-state index is -0.465. The van der Waals surface area contributed by atoms with Crippen molar-refractivity contribution >= 4 is 5.97 Å². The molecule has 0 bridgehead atoms. The van der Waals surface area contributed by atoms with E-state index in [1.807, 2.05) is 31.6 Å². The molecule has 27 heavy (non-hydrogen) atoms. The van der Waals surface area contributed by atoms with Gasteiger partial charge in [0, 0.05) is 24.9 Å². The predicted molar refractivity (Wildman–Crippen MR) is 108 cm³/mol. The molecule has 1 heterocycles. The maximum absolute atomic E-state index is 11.5. The van der Waals surface area contributed by atoms with Crippen molar-refractivity contribution in [2.24, 2.45) is 0 Å². The zero-order valence-corrected chi connectivity index (χ0v) is 17.2. The molecule has 0 amide bonds. The number of unbranched alkanes of at least 4 members (excludes halogenated alkanes) is 1. The minimum absolute atomic E-state index is 0.00948. The largest absolute Gasteiger partial charge is 0.458 e. The first-order valence-corrected chi connectivity index (χ1v) is 9.67. The molecule has 0 N–H and O–H groups in total. The number of rotatable bonds is 9. The molecule has 5 nitrogen and oxygen atoms in total. The number of ether oxygens (including phenoxy) is 2. The number of benzene rings is 1. The highest BCUT2D eigenvalue weighted by atomic mass is 16.6. The molecule has 0 aliphatic heterocycles. The molecule has 0 aliphatic rings. The molecule has 2 aromatic rings. The van der Waals surface area contributed by atoms with Gasteiger partial charge in [-0.25, -0.2) is 4.79 Å². The average Bonchev–Trinajstić information content (AvgIpc) is 3.05. The molecule has 148 valence electrons. The lowest BCUT2D eigenvalue weighted by Gasteiger charge is -2.19. The Morgan fingerprint density at radius 2 is 1.81 bits per heavy atom. The van der Waals surface area contributed by atoms with Crippen molar-refractivity contribution in [3.05, 3.63) is 42.2 Å². The Labute approximate surface area is 162 Å². The van der Waals surface area contributed by atoms with Crippen LogP contribution in [0.3, 0.4) is 0 Å². The summed E-state index contributed by atoms with van der Waals surface area (Å²) in [6, 6.07) is 8.67. The number of aryl methyl sites for hydroxylation is 1. The molecular formula is C22H32N2O3. The Morgan fingerprint density at radius 3 is 2.44 bits per heavy atom. The van der Waals surface area contributed by atoms with Crippen molar-refractivity contribution in [1.29, 1.82) is 0 Å². The molecule has 1 aromatic heterocycles. The van der Waals surface area contributed by atoms with Crippen molar-refractivity contribution in [3.8, 4) is 11.1 Å². The third kappa shape index (κ3) is 7.55. The van der Waals surface area contributed by atoms with Gasteiger partial charge in [-0.15, -0.1) is 0 Å². The van der Waals surface area contributed by atoms with Crippen LogP contribution in [-0.4, -0.2) is 34.6 Å². The van der Waals surface area contributed by atoms with Gasteiger partial charge in [0.15, 0.2) is 0 Å². The van der Waals surface area contributed by atoms with E-state index < -0.39 is 5.60 Å². The van der Waals surface area contributed by atoms with Crippen LogP contribution in [-0.2, 0) is 20.8 Å². The highest BCUT2D eigenvalue weighted by Crippen LogP contribution is 2.22. The molecule has 0 saturated heterocycles. The van der Waals surface area contributed by atoms with Crippen LogP contribution in [0.1, 0.15) is 58.9 Å². The van der Waals surface area contributed by atoms with Crippen molar-refractivity contribution < 1.29 is 14.3 Å². The smallest absolute Gasteiger partial charge is 0.332 e. The number of carbonyl (C=O) groups is 1. The van der Waals surface area contributed by atoms with E-state index in [0.717, 1.165) is 24.9 Å². The highest BCUT2D eigenvalue weighted by Gasteiger charge is 2.15. The number of hydrogen-bond acceptors (Lipinski definition) is 4. The fourth-order valence-electron chi connectivity index (χ4n) is 2.70. The van der Waals surface area contributed by atoms with Crippen LogP contribution < -0.4 is 0 Å². The lowest BCUT2D eigenvalue weighted by atomic mass is 10.0. The van der Waals surface area contributed by atoms with Crippen LogP contribution in [0.4, 0.5) is 0 Å². The topological polar surface area (TPSA) is 53.4 Å². The van der Waals surface area contributed by atoms with Gasteiger partial charge in [-0.3, -0.25) is 4.68 Å². The Balaban J connectivity index is 1.68. The zero-order chi connectivity index (χ0) is 19.9. The van der Waals surface area contributed by atoms with E-state index in [1.165, 1.54) is 11.1 Å². The van der Waals surface area contributed by atoms with Crippen LogP contribution in [0.25, 0.3) is 11.1 Å². The van der Waals surface area contributed by atoms with Crippen molar-refractivity contribution in [2.75, 3.05) is 13.2 Å². The predicted octanol–water partition coefficient (Wildman–Crippen LogP) is 4.81. The number of esters is 1.